The lowest BCUT2D eigenvalue weighted by Crippen LogP contribution is -2.22. The number of anilines is 1. The maximum atomic E-state index is 11.7. The van der Waals surface area contributed by atoms with Gasteiger partial charge in [-0.25, -0.2) is 4.79 Å². The Morgan fingerprint density at radius 3 is 2.65 bits per heavy atom. The smallest absolute Gasteiger partial charge is 0.411 e. The number of pyridine rings is 1. The molecule has 0 saturated heterocycles. The maximum absolute atomic E-state index is 11.7. The van der Waals surface area contributed by atoms with Crippen molar-refractivity contribution in [1.29, 1.82) is 0 Å². The molecular weight excluding hydrogens is 320 g/mol. The van der Waals surface area contributed by atoms with Crippen molar-refractivity contribution < 1.29 is 9.53 Å². The van der Waals surface area contributed by atoms with E-state index < -0.39 is 6.09 Å². The lowest BCUT2D eigenvalue weighted by Gasteiger charge is -2.16. The number of hydrogen-bond donors (Lipinski definition) is 1. The third-order valence-electron chi connectivity index (χ3n) is 2.63. The highest BCUT2D eigenvalue weighted by Gasteiger charge is 2.13. The quantitative estimate of drug-likeness (QED) is 0.787. The number of hydrogen-bond acceptors (Lipinski definition) is 3. The van der Waals surface area contributed by atoms with E-state index in [-0.39, 0.29) is 6.10 Å². The van der Waals surface area contributed by atoms with Gasteiger partial charge in [-0.1, -0.05) is 34.1 Å². The van der Waals surface area contributed by atoms with Crippen molar-refractivity contribution in [3.8, 4) is 0 Å². The van der Waals surface area contributed by atoms with Crippen LogP contribution in [0.1, 0.15) is 52.7 Å². The molecule has 0 aromatic carbocycles. The first-order valence-electron chi connectivity index (χ1n) is 7.16. The summed E-state index contributed by atoms with van der Waals surface area (Å²) in [4.78, 5) is 15.9. The number of rotatable bonds is 5. The second kappa shape index (κ2) is 10.7. The molecule has 0 saturated carbocycles. The molecule has 0 radical (unpaired) electrons. The number of nitrogens with one attached hydrogen (secondary N) is 1. The van der Waals surface area contributed by atoms with Crippen LogP contribution in [0.2, 0.25) is 0 Å². The molecule has 1 unspecified atom stereocenters. The molecular formula is C15H25BrN2O2. The van der Waals surface area contributed by atoms with E-state index >= 15 is 0 Å². The number of carbonyl (C=O) groups is 1. The van der Waals surface area contributed by atoms with E-state index in [1.54, 1.807) is 6.20 Å². The molecule has 1 aromatic heterocycles. The highest BCUT2D eigenvalue weighted by atomic mass is 79.9. The van der Waals surface area contributed by atoms with Gasteiger partial charge >= 0.3 is 6.09 Å². The molecule has 5 heteroatoms. The zero-order valence-corrected chi connectivity index (χ0v) is 14.6. The first-order chi connectivity index (χ1) is 9.56. The summed E-state index contributed by atoms with van der Waals surface area (Å²) >= 11 is 3.32. The monoisotopic (exact) mass is 344 g/mol. The standard InChI is InChI=1S/C13H19BrN2O2.C2H6/c1-4-6-11(5-2)18-13(17)16-12-7-10(14)8-15-9(12)3;1-2/h7-8,11H,4-6H2,1-3H3,(H,16,17);1-2H3. The van der Waals surface area contributed by atoms with Crippen molar-refractivity contribution in [1.82, 2.24) is 4.98 Å². The summed E-state index contributed by atoms with van der Waals surface area (Å²) in [6.07, 6.45) is 3.98. The van der Waals surface area contributed by atoms with Crippen LogP contribution in [-0.2, 0) is 4.74 Å². The van der Waals surface area contributed by atoms with Gasteiger partial charge in [0.25, 0.3) is 0 Å². The fraction of sp³-hybridized carbons (Fsp3) is 0.600. The Labute approximate surface area is 130 Å². The number of aromatic nitrogens is 1. The van der Waals surface area contributed by atoms with Gasteiger partial charge in [0.05, 0.1) is 11.4 Å². The zero-order chi connectivity index (χ0) is 15.5. The Morgan fingerprint density at radius 1 is 1.45 bits per heavy atom. The minimum absolute atomic E-state index is 0.0181. The maximum Gasteiger partial charge on any atom is 0.411 e. The summed E-state index contributed by atoms with van der Waals surface area (Å²) in [7, 11) is 0. The zero-order valence-electron chi connectivity index (χ0n) is 13.0. The average Bonchev–Trinajstić information content (AvgIpc) is 2.44. The molecule has 1 atom stereocenters. The van der Waals surface area contributed by atoms with Gasteiger partial charge in [-0.3, -0.25) is 10.3 Å². The van der Waals surface area contributed by atoms with Crippen LogP contribution in [0.25, 0.3) is 0 Å². The summed E-state index contributed by atoms with van der Waals surface area (Å²) < 4.78 is 6.17. The van der Waals surface area contributed by atoms with Crippen molar-refractivity contribution >= 4 is 27.7 Å². The largest absolute Gasteiger partial charge is 0.446 e. The first kappa shape index (κ1) is 18.9. The van der Waals surface area contributed by atoms with Crippen LogP contribution in [0.4, 0.5) is 10.5 Å². The van der Waals surface area contributed by atoms with Gasteiger partial charge in [0, 0.05) is 10.7 Å². The average molecular weight is 345 g/mol. The molecule has 1 amide bonds. The molecule has 4 nitrogen and oxygen atoms in total. The number of ether oxygens (including phenoxy) is 1. The van der Waals surface area contributed by atoms with Crippen LogP contribution in [0, 0.1) is 6.92 Å². The van der Waals surface area contributed by atoms with Gasteiger partial charge in [0.2, 0.25) is 0 Å². The van der Waals surface area contributed by atoms with E-state index in [2.05, 4.69) is 33.2 Å². The van der Waals surface area contributed by atoms with Crippen molar-refractivity contribution in [2.75, 3.05) is 5.32 Å². The van der Waals surface area contributed by atoms with E-state index in [1.165, 1.54) is 0 Å². The van der Waals surface area contributed by atoms with Gasteiger partial charge in [-0.2, -0.15) is 0 Å². The Bertz CT molecular complexity index is 411. The molecule has 0 aliphatic rings. The minimum Gasteiger partial charge on any atom is -0.446 e. The van der Waals surface area contributed by atoms with Gasteiger partial charge in [0.1, 0.15) is 6.10 Å². The number of carbonyl (C=O) groups excluding carboxylic acids is 1. The fourth-order valence-corrected chi connectivity index (χ4v) is 1.92. The molecule has 0 aliphatic heterocycles. The predicted octanol–water partition coefficient (Wildman–Crippen LogP) is 5.31. The third-order valence-corrected chi connectivity index (χ3v) is 3.06. The first-order valence-corrected chi connectivity index (χ1v) is 7.95. The van der Waals surface area contributed by atoms with Crippen molar-refractivity contribution in [3.63, 3.8) is 0 Å². The number of halogens is 1. The summed E-state index contributed by atoms with van der Waals surface area (Å²) in [5.41, 5.74) is 1.43. The molecule has 0 fully saturated rings. The van der Waals surface area contributed by atoms with Gasteiger partial charge in [-0.15, -0.1) is 0 Å². The van der Waals surface area contributed by atoms with E-state index in [0.29, 0.717) is 5.69 Å². The van der Waals surface area contributed by atoms with E-state index in [1.807, 2.05) is 33.8 Å². The fourth-order valence-electron chi connectivity index (χ4n) is 1.59. The summed E-state index contributed by atoms with van der Waals surface area (Å²) in [6.45, 7) is 9.93. The van der Waals surface area contributed by atoms with E-state index in [9.17, 15) is 4.79 Å². The summed E-state index contributed by atoms with van der Waals surface area (Å²) in [6, 6.07) is 1.81. The Balaban J connectivity index is 0.00000172. The van der Waals surface area contributed by atoms with E-state index in [4.69, 9.17) is 4.74 Å². The van der Waals surface area contributed by atoms with Crippen molar-refractivity contribution in [2.45, 2.75) is 60.0 Å². The van der Waals surface area contributed by atoms with Gasteiger partial charge in [0.15, 0.2) is 0 Å². The van der Waals surface area contributed by atoms with Gasteiger partial charge in [-0.05, 0) is 41.8 Å². The molecule has 1 aromatic rings. The van der Waals surface area contributed by atoms with Crippen LogP contribution >= 0.6 is 15.9 Å². The normalized spacial score (nSPS) is 11.1. The number of nitrogens with zero attached hydrogens (tertiary/aromatic N) is 1. The number of aryl methyl sites for hydroxylation is 1. The Kier molecular flexibility index (Phi) is 10.1. The van der Waals surface area contributed by atoms with Crippen molar-refractivity contribution in [2.24, 2.45) is 0 Å². The van der Waals surface area contributed by atoms with Crippen LogP contribution in [0.5, 0.6) is 0 Å². The Hall–Kier alpha value is -1.10. The molecule has 1 N–H and O–H groups in total. The molecule has 1 heterocycles. The van der Waals surface area contributed by atoms with Gasteiger partial charge < -0.3 is 4.74 Å². The second-order valence-electron chi connectivity index (χ2n) is 4.14. The highest BCUT2D eigenvalue weighted by Crippen LogP contribution is 2.18. The third kappa shape index (κ3) is 6.89. The van der Waals surface area contributed by atoms with Crippen LogP contribution in [0.3, 0.4) is 0 Å². The van der Waals surface area contributed by atoms with Crippen molar-refractivity contribution in [3.05, 3.63) is 22.4 Å². The van der Waals surface area contributed by atoms with Crippen LogP contribution in [-0.4, -0.2) is 17.2 Å². The lowest BCUT2D eigenvalue weighted by atomic mass is 10.2. The molecule has 0 spiro atoms. The molecule has 114 valence electrons. The van der Waals surface area contributed by atoms with Crippen LogP contribution < -0.4 is 5.32 Å². The number of amides is 1. The predicted molar refractivity (Wildman–Crippen MR) is 87.1 cm³/mol. The Morgan fingerprint density at radius 2 is 2.10 bits per heavy atom. The topological polar surface area (TPSA) is 51.2 Å². The molecule has 20 heavy (non-hydrogen) atoms. The van der Waals surface area contributed by atoms with Crippen LogP contribution in [0.15, 0.2) is 16.7 Å². The minimum atomic E-state index is -0.418. The molecule has 0 aliphatic carbocycles. The van der Waals surface area contributed by atoms with E-state index in [0.717, 1.165) is 29.4 Å². The highest BCUT2D eigenvalue weighted by molar-refractivity contribution is 9.10. The molecule has 0 bridgehead atoms. The molecule has 1 rings (SSSR count). The second-order valence-corrected chi connectivity index (χ2v) is 5.05. The lowest BCUT2D eigenvalue weighted by molar-refractivity contribution is 0.102. The summed E-state index contributed by atoms with van der Waals surface area (Å²) in [5.74, 6) is 0. The SMILES string of the molecule is CC.CCCC(CC)OC(=O)Nc1cc(Br)cnc1C. The summed E-state index contributed by atoms with van der Waals surface area (Å²) in [5, 5.41) is 2.72.